The fraction of sp³-hybridized carbons (Fsp3) is 0.250. The topological polar surface area (TPSA) is 30.5 Å². The summed E-state index contributed by atoms with van der Waals surface area (Å²) in [4.78, 5) is 0. The summed E-state index contributed by atoms with van der Waals surface area (Å²) in [5, 5.41) is 4.60. The fourth-order valence-electron chi connectivity index (χ4n) is 2.48. The monoisotopic (exact) mass is 323 g/mol. The number of rotatable bonds is 3. The molecule has 0 aromatic heterocycles. The van der Waals surface area contributed by atoms with Gasteiger partial charge in [-0.05, 0) is 48.5 Å². The molecule has 3 rings (SSSR count). The summed E-state index contributed by atoms with van der Waals surface area (Å²) in [6.45, 7) is 1.15. The van der Waals surface area contributed by atoms with Gasteiger partial charge in [0.25, 0.3) is 0 Å². The lowest BCUT2D eigenvalue weighted by Crippen LogP contribution is -2.20. The summed E-state index contributed by atoms with van der Waals surface area (Å²) in [6.07, 6.45) is 0. The van der Waals surface area contributed by atoms with E-state index in [1.807, 2.05) is 37.4 Å². The summed E-state index contributed by atoms with van der Waals surface area (Å²) in [5.74, 6) is 1.54. The highest BCUT2D eigenvalue weighted by Crippen LogP contribution is 2.36. The zero-order valence-electron chi connectivity index (χ0n) is 11.5. The molecule has 1 aliphatic rings. The normalized spacial score (nSPS) is 14.8. The summed E-state index contributed by atoms with van der Waals surface area (Å²) in [5.41, 5.74) is 1.98. The van der Waals surface area contributed by atoms with E-state index in [1.54, 1.807) is 6.07 Å². The van der Waals surface area contributed by atoms with Crippen molar-refractivity contribution in [2.75, 3.05) is 20.3 Å². The number of fused-ring (bicyclic) bond motifs is 1. The smallest absolute Gasteiger partial charge is 0.161 e. The Hall–Kier alpha value is -1.42. The highest BCUT2D eigenvalue weighted by Gasteiger charge is 2.19. The van der Waals surface area contributed by atoms with E-state index in [-0.39, 0.29) is 6.04 Å². The lowest BCUT2D eigenvalue weighted by molar-refractivity contribution is 0.171. The van der Waals surface area contributed by atoms with Crippen LogP contribution >= 0.6 is 23.2 Å². The van der Waals surface area contributed by atoms with Crippen LogP contribution in [0.5, 0.6) is 11.5 Å². The maximum atomic E-state index is 6.31. The van der Waals surface area contributed by atoms with Crippen LogP contribution in [0.25, 0.3) is 0 Å². The zero-order chi connectivity index (χ0) is 14.8. The Morgan fingerprint density at radius 2 is 1.76 bits per heavy atom. The molecule has 2 aromatic carbocycles. The van der Waals surface area contributed by atoms with Crippen molar-refractivity contribution in [1.29, 1.82) is 0 Å². The van der Waals surface area contributed by atoms with Crippen LogP contribution in [-0.4, -0.2) is 20.3 Å². The largest absolute Gasteiger partial charge is 0.486 e. The number of halogens is 2. The first-order chi connectivity index (χ1) is 10.2. The third kappa shape index (κ3) is 2.95. The van der Waals surface area contributed by atoms with Crippen molar-refractivity contribution in [2.24, 2.45) is 0 Å². The first-order valence-electron chi connectivity index (χ1n) is 6.71. The second kappa shape index (κ2) is 6.14. The quantitative estimate of drug-likeness (QED) is 0.923. The van der Waals surface area contributed by atoms with E-state index in [9.17, 15) is 0 Å². The fourth-order valence-corrected chi connectivity index (χ4v) is 2.88. The van der Waals surface area contributed by atoms with Gasteiger partial charge in [-0.25, -0.2) is 0 Å². The van der Waals surface area contributed by atoms with Crippen molar-refractivity contribution in [3.8, 4) is 11.5 Å². The van der Waals surface area contributed by atoms with Crippen molar-refractivity contribution < 1.29 is 9.47 Å². The van der Waals surface area contributed by atoms with Gasteiger partial charge >= 0.3 is 0 Å². The molecule has 0 aliphatic carbocycles. The lowest BCUT2D eigenvalue weighted by Gasteiger charge is -2.23. The lowest BCUT2D eigenvalue weighted by atomic mass is 9.98. The molecular weight excluding hydrogens is 309 g/mol. The zero-order valence-corrected chi connectivity index (χ0v) is 13.0. The summed E-state index contributed by atoms with van der Waals surface area (Å²) < 4.78 is 11.2. The molecule has 3 nitrogen and oxygen atoms in total. The minimum Gasteiger partial charge on any atom is -0.486 e. The maximum Gasteiger partial charge on any atom is 0.161 e. The van der Waals surface area contributed by atoms with Crippen molar-refractivity contribution in [1.82, 2.24) is 5.32 Å². The molecule has 1 aliphatic heterocycles. The van der Waals surface area contributed by atoms with Gasteiger partial charge in [-0.15, -0.1) is 0 Å². The third-order valence-corrected chi connectivity index (χ3v) is 4.04. The molecule has 1 heterocycles. The Morgan fingerprint density at radius 3 is 2.52 bits per heavy atom. The van der Waals surface area contributed by atoms with Gasteiger partial charge in [-0.1, -0.05) is 29.3 Å². The summed E-state index contributed by atoms with van der Waals surface area (Å²) in [6, 6.07) is 11.3. The Morgan fingerprint density at radius 1 is 1.00 bits per heavy atom. The Kier molecular flexibility index (Phi) is 4.24. The van der Waals surface area contributed by atoms with Crippen LogP contribution < -0.4 is 14.8 Å². The molecule has 0 fully saturated rings. The van der Waals surface area contributed by atoms with Gasteiger partial charge < -0.3 is 14.8 Å². The first kappa shape index (κ1) is 14.5. The van der Waals surface area contributed by atoms with Gasteiger partial charge in [0, 0.05) is 10.0 Å². The third-order valence-electron chi connectivity index (χ3n) is 3.46. The van der Waals surface area contributed by atoms with E-state index < -0.39 is 0 Å². The van der Waals surface area contributed by atoms with Gasteiger partial charge in [0.05, 0.1) is 6.04 Å². The molecule has 5 heteroatoms. The second-order valence-electron chi connectivity index (χ2n) is 4.79. The van der Waals surface area contributed by atoms with E-state index in [1.165, 1.54) is 0 Å². The minimum atomic E-state index is -0.0629. The molecule has 0 saturated carbocycles. The van der Waals surface area contributed by atoms with Gasteiger partial charge in [0.15, 0.2) is 11.5 Å². The standard InChI is InChI=1S/C16H15Cl2NO2/c1-19-16(12-9-11(17)3-4-13(12)18)10-2-5-14-15(8-10)21-7-6-20-14/h2-5,8-9,16,19H,6-7H2,1H3. The van der Waals surface area contributed by atoms with Crippen LogP contribution in [0, 0.1) is 0 Å². The van der Waals surface area contributed by atoms with E-state index in [0.29, 0.717) is 23.3 Å². The average Bonchev–Trinajstić information content (AvgIpc) is 2.51. The molecule has 110 valence electrons. The van der Waals surface area contributed by atoms with E-state index in [4.69, 9.17) is 32.7 Å². The van der Waals surface area contributed by atoms with E-state index >= 15 is 0 Å². The highest BCUT2D eigenvalue weighted by molar-refractivity contribution is 6.33. The van der Waals surface area contributed by atoms with E-state index in [0.717, 1.165) is 22.6 Å². The number of benzene rings is 2. The molecule has 0 spiro atoms. The first-order valence-corrected chi connectivity index (χ1v) is 7.46. The van der Waals surface area contributed by atoms with Gasteiger partial charge in [0.2, 0.25) is 0 Å². The SMILES string of the molecule is CNC(c1ccc2c(c1)OCCO2)c1cc(Cl)ccc1Cl. The Balaban J connectivity index is 2.01. The van der Waals surface area contributed by atoms with Crippen molar-refractivity contribution >= 4 is 23.2 Å². The van der Waals surface area contributed by atoms with Crippen molar-refractivity contribution in [3.05, 3.63) is 57.6 Å². The van der Waals surface area contributed by atoms with Crippen LogP contribution in [0.2, 0.25) is 10.0 Å². The van der Waals surface area contributed by atoms with Gasteiger partial charge in [0.1, 0.15) is 13.2 Å². The molecule has 21 heavy (non-hydrogen) atoms. The molecule has 0 bridgehead atoms. The molecule has 0 amide bonds. The summed E-state index contributed by atoms with van der Waals surface area (Å²) >= 11 is 12.4. The minimum absolute atomic E-state index is 0.0629. The van der Waals surface area contributed by atoms with Crippen LogP contribution in [0.4, 0.5) is 0 Å². The predicted molar refractivity (Wildman–Crippen MR) is 84.8 cm³/mol. The molecular formula is C16H15Cl2NO2. The Bertz CT molecular complexity index is 661. The number of ether oxygens (including phenoxy) is 2. The highest BCUT2D eigenvalue weighted by atomic mass is 35.5. The Labute approximate surface area is 133 Å². The van der Waals surface area contributed by atoms with Gasteiger partial charge in [-0.3, -0.25) is 0 Å². The van der Waals surface area contributed by atoms with Crippen LogP contribution in [-0.2, 0) is 0 Å². The number of hydrogen-bond donors (Lipinski definition) is 1. The summed E-state index contributed by atoms with van der Waals surface area (Å²) in [7, 11) is 1.89. The molecule has 1 N–H and O–H groups in total. The van der Waals surface area contributed by atoms with Crippen molar-refractivity contribution in [3.63, 3.8) is 0 Å². The number of nitrogens with one attached hydrogen (secondary N) is 1. The molecule has 0 radical (unpaired) electrons. The molecule has 1 atom stereocenters. The van der Waals surface area contributed by atoms with Gasteiger partial charge in [-0.2, -0.15) is 0 Å². The average molecular weight is 324 g/mol. The predicted octanol–water partition coefficient (Wildman–Crippen LogP) is 4.07. The van der Waals surface area contributed by atoms with Crippen LogP contribution in [0.1, 0.15) is 17.2 Å². The molecule has 1 unspecified atom stereocenters. The molecule has 0 saturated heterocycles. The van der Waals surface area contributed by atoms with Crippen LogP contribution in [0.3, 0.4) is 0 Å². The van der Waals surface area contributed by atoms with Crippen molar-refractivity contribution in [2.45, 2.75) is 6.04 Å². The van der Waals surface area contributed by atoms with Crippen LogP contribution in [0.15, 0.2) is 36.4 Å². The molecule has 2 aromatic rings. The van der Waals surface area contributed by atoms with E-state index in [2.05, 4.69) is 5.32 Å². The number of hydrogen-bond acceptors (Lipinski definition) is 3. The second-order valence-corrected chi connectivity index (χ2v) is 5.63. The maximum absolute atomic E-state index is 6.31.